The first-order valence-corrected chi connectivity index (χ1v) is 5.54. The molecule has 1 N–H and O–H groups in total. The molecule has 0 radical (unpaired) electrons. The molecule has 0 spiro atoms. The summed E-state index contributed by atoms with van der Waals surface area (Å²) in [5.41, 5.74) is 0.253. The third kappa shape index (κ3) is 2.04. The molecular formula is C12H8ClNO4. The number of alkyl halides is 1. The van der Waals surface area contributed by atoms with Crippen molar-refractivity contribution in [2.75, 3.05) is 6.54 Å². The maximum Gasteiger partial charge on any atom is 0.325 e. The number of fused-ring (bicyclic) bond motifs is 1. The van der Waals surface area contributed by atoms with E-state index in [0.29, 0.717) is 0 Å². The number of carbonyl (C=O) groups excluding carboxylic acids is 2. The van der Waals surface area contributed by atoms with Gasteiger partial charge in [0.1, 0.15) is 17.6 Å². The Hall–Kier alpha value is -2.01. The smallest absolute Gasteiger partial charge is 0.325 e. The van der Waals surface area contributed by atoms with E-state index in [-0.39, 0.29) is 16.8 Å². The van der Waals surface area contributed by atoms with E-state index in [1.807, 2.05) is 0 Å². The van der Waals surface area contributed by atoms with Crippen molar-refractivity contribution in [3.8, 4) is 0 Å². The Kier molecular flexibility index (Phi) is 3.25. The van der Waals surface area contributed by atoms with Crippen molar-refractivity contribution in [2.45, 2.75) is 5.38 Å². The van der Waals surface area contributed by atoms with E-state index in [4.69, 9.17) is 16.7 Å². The number of ketones is 2. The topological polar surface area (TPSA) is 83.8 Å². The molecule has 1 aromatic rings. The summed E-state index contributed by atoms with van der Waals surface area (Å²) >= 11 is 5.85. The van der Waals surface area contributed by atoms with Crippen LogP contribution in [0.15, 0.2) is 29.3 Å². The molecule has 0 aliphatic heterocycles. The average Bonchev–Trinajstić information content (AvgIpc) is 2.36. The Bertz CT molecular complexity index is 579. The molecule has 0 aromatic heterocycles. The second kappa shape index (κ2) is 4.70. The van der Waals surface area contributed by atoms with Crippen LogP contribution in [-0.4, -0.2) is 40.3 Å². The number of carboxylic acid groups (broad SMARTS) is 1. The average molecular weight is 266 g/mol. The fraction of sp³-hybridized carbons (Fsp3) is 0.167. The van der Waals surface area contributed by atoms with Crippen LogP contribution < -0.4 is 0 Å². The molecule has 1 aromatic carbocycles. The highest BCUT2D eigenvalue weighted by molar-refractivity contribution is 6.64. The second-order valence-corrected chi connectivity index (χ2v) is 4.13. The number of nitrogens with zero attached hydrogens (tertiary/aromatic N) is 1. The summed E-state index contributed by atoms with van der Waals surface area (Å²) in [4.78, 5) is 38.0. The third-order valence-corrected chi connectivity index (χ3v) is 2.93. The van der Waals surface area contributed by atoms with E-state index < -0.39 is 29.5 Å². The number of hydrogen-bond acceptors (Lipinski definition) is 4. The van der Waals surface area contributed by atoms with E-state index in [9.17, 15) is 14.4 Å². The van der Waals surface area contributed by atoms with Crippen LogP contribution in [0.1, 0.15) is 20.7 Å². The summed E-state index contributed by atoms with van der Waals surface area (Å²) in [5, 5.41) is 7.32. The maximum absolute atomic E-state index is 12.0. The van der Waals surface area contributed by atoms with Gasteiger partial charge in [-0.2, -0.15) is 0 Å². The lowest BCUT2D eigenvalue weighted by atomic mass is 9.88. The predicted octanol–water partition coefficient (Wildman–Crippen LogP) is 1.20. The zero-order valence-electron chi connectivity index (χ0n) is 9.09. The van der Waals surface area contributed by atoms with Gasteiger partial charge in [0.15, 0.2) is 5.78 Å². The van der Waals surface area contributed by atoms with Crippen molar-refractivity contribution in [3.05, 3.63) is 35.4 Å². The zero-order chi connectivity index (χ0) is 13.3. The summed E-state index contributed by atoms with van der Waals surface area (Å²) in [6.45, 7) is -0.584. The second-order valence-electron chi connectivity index (χ2n) is 3.70. The Balaban J connectivity index is 2.49. The van der Waals surface area contributed by atoms with Crippen molar-refractivity contribution < 1.29 is 19.5 Å². The normalized spacial score (nSPS) is 20.9. The quantitative estimate of drug-likeness (QED) is 0.815. The largest absolute Gasteiger partial charge is 0.480 e. The molecule has 1 aliphatic rings. The Labute approximate surface area is 107 Å². The third-order valence-electron chi connectivity index (χ3n) is 2.52. The molecule has 0 bridgehead atoms. The zero-order valence-corrected chi connectivity index (χ0v) is 9.85. The first kappa shape index (κ1) is 12.4. The fourth-order valence-corrected chi connectivity index (χ4v) is 2.00. The molecule has 18 heavy (non-hydrogen) atoms. The van der Waals surface area contributed by atoms with Gasteiger partial charge in [-0.3, -0.25) is 19.4 Å². The van der Waals surface area contributed by atoms with E-state index in [0.717, 1.165) is 0 Å². The van der Waals surface area contributed by atoms with E-state index in [1.165, 1.54) is 12.1 Å². The van der Waals surface area contributed by atoms with Gasteiger partial charge in [0.05, 0.1) is 0 Å². The molecule has 5 nitrogen and oxygen atoms in total. The van der Waals surface area contributed by atoms with Crippen LogP contribution in [0.5, 0.6) is 0 Å². The molecule has 2 rings (SSSR count). The van der Waals surface area contributed by atoms with Crippen molar-refractivity contribution in [3.63, 3.8) is 0 Å². The number of carboxylic acids is 1. The number of Topliss-reactive ketones (excluding diaryl/α,β-unsaturated/α-hetero) is 2. The summed E-state index contributed by atoms with van der Waals surface area (Å²) in [6.07, 6.45) is 0. The van der Waals surface area contributed by atoms with Crippen LogP contribution in [0.3, 0.4) is 0 Å². The molecule has 1 unspecified atom stereocenters. The van der Waals surface area contributed by atoms with Crippen molar-refractivity contribution in [2.24, 2.45) is 4.99 Å². The van der Waals surface area contributed by atoms with Crippen LogP contribution in [-0.2, 0) is 4.79 Å². The molecule has 0 saturated heterocycles. The Morgan fingerprint density at radius 2 is 1.89 bits per heavy atom. The maximum atomic E-state index is 12.0. The van der Waals surface area contributed by atoms with Crippen LogP contribution in [0.2, 0.25) is 0 Å². The lowest BCUT2D eigenvalue weighted by Crippen LogP contribution is -2.38. The SMILES string of the molecule is O=C(O)CN=C1C(=O)c2ccccc2C(=O)C1Cl. The van der Waals surface area contributed by atoms with Gasteiger partial charge in [0, 0.05) is 11.1 Å². The van der Waals surface area contributed by atoms with E-state index in [2.05, 4.69) is 4.99 Å². The number of carbonyl (C=O) groups is 3. The molecule has 1 atom stereocenters. The van der Waals surface area contributed by atoms with Gasteiger partial charge in [-0.1, -0.05) is 24.3 Å². The van der Waals surface area contributed by atoms with Crippen molar-refractivity contribution in [1.29, 1.82) is 0 Å². The van der Waals surface area contributed by atoms with Gasteiger partial charge in [-0.05, 0) is 0 Å². The van der Waals surface area contributed by atoms with Crippen molar-refractivity contribution in [1.82, 2.24) is 0 Å². The molecule has 6 heteroatoms. The monoisotopic (exact) mass is 265 g/mol. The summed E-state index contributed by atoms with van der Waals surface area (Å²) in [7, 11) is 0. The number of aliphatic imine (C=N–C) groups is 1. The number of aliphatic carboxylic acids is 1. The highest BCUT2D eigenvalue weighted by Gasteiger charge is 2.36. The number of benzene rings is 1. The summed E-state index contributed by atoms with van der Waals surface area (Å²) < 4.78 is 0. The lowest BCUT2D eigenvalue weighted by Gasteiger charge is -2.19. The van der Waals surface area contributed by atoms with Crippen LogP contribution >= 0.6 is 11.6 Å². The standard InChI is InChI=1S/C12H8ClNO4/c13-9-10(14-5-8(15)16)12(18)7-4-2-1-3-6(7)11(9)17/h1-4,9H,5H2,(H,15,16). The van der Waals surface area contributed by atoms with Gasteiger partial charge in [-0.25, -0.2) is 0 Å². The highest BCUT2D eigenvalue weighted by atomic mass is 35.5. The van der Waals surface area contributed by atoms with Gasteiger partial charge in [-0.15, -0.1) is 11.6 Å². The lowest BCUT2D eigenvalue weighted by molar-refractivity contribution is -0.135. The van der Waals surface area contributed by atoms with Gasteiger partial charge >= 0.3 is 5.97 Å². The minimum atomic E-state index is -1.22. The number of hydrogen-bond donors (Lipinski definition) is 1. The van der Waals surface area contributed by atoms with E-state index >= 15 is 0 Å². The van der Waals surface area contributed by atoms with Crippen LogP contribution in [0.4, 0.5) is 0 Å². The van der Waals surface area contributed by atoms with Crippen molar-refractivity contribution >= 4 is 34.8 Å². The highest BCUT2D eigenvalue weighted by Crippen LogP contribution is 2.23. The number of rotatable bonds is 2. The van der Waals surface area contributed by atoms with Gasteiger partial charge in [0.25, 0.3) is 0 Å². The summed E-state index contributed by atoms with van der Waals surface area (Å²) in [6, 6.07) is 6.26. The molecule has 0 saturated carbocycles. The first-order chi connectivity index (χ1) is 8.52. The summed E-state index contributed by atoms with van der Waals surface area (Å²) in [5.74, 6) is -2.12. The number of halogens is 1. The Morgan fingerprint density at radius 1 is 1.28 bits per heavy atom. The molecule has 0 fully saturated rings. The Morgan fingerprint density at radius 3 is 2.50 bits per heavy atom. The predicted molar refractivity (Wildman–Crippen MR) is 64.7 cm³/mol. The molecule has 92 valence electrons. The van der Waals surface area contributed by atoms with Crippen LogP contribution in [0.25, 0.3) is 0 Å². The minimum Gasteiger partial charge on any atom is -0.480 e. The van der Waals surface area contributed by atoms with Crippen LogP contribution in [0, 0.1) is 0 Å². The molecule has 1 aliphatic carbocycles. The molecule has 0 heterocycles. The van der Waals surface area contributed by atoms with Gasteiger partial charge in [0.2, 0.25) is 5.78 Å². The van der Waals surface area contributed by atoms with Gasteiger partial charge < -0.3 is 5.11 Å². The van der Waals surface area contributed by atoms with E-state index in [1.54, 1.807) is 12.1 Å². The minimum absolute atomic E-state index is 0.206. The molecular weight excluding hydrogens is 258 g/mol. The fourth-order valence-electron chi connectivity index (χ4n) is 1.71. The molecule has 0 amide bonds. The first-order valence-electron chi connectivity index (χ1n) is 5.10.